The predicted octanol–water partition coefficient (Wildman–Crippen LogP) is 2.07. The van der Waals surface area contributed by atoms with Gasteiger partial charge in [-0.05, 0) is 39.8 Å². The summed E-state index contributed by atoms with van der Waals surface area (Å²) in [7, 11) is -3.39. The van der Waals surface area contributed by atoms with Crippen LogP contribution in [0.25, 0.3) is 0 Å². The van der Waals surface area contributed by atoms with Crippen LogP contribution >= 0.6 is 0 Å². The highest BCUT2D eigenvalue weighted by atomic mass is 32.2. The quantitative estimate of drug-likeness (QED) is 0.920. The molecule has 1 amide bonds. The molecule has 4 nitrogen and oxygen atoms in total. The monoisotopic (exact) mass is 283 g/mol. The minimum atomic E-state index is -3.39. The summed E-state index contributed by atoms with van der Waals surface area (Å²) >= 11 is 0. The number of amides is 1. The summed E-state index contributed by atoms with van der Waals surface area (Å²) in [6, 6.07) is 6.66. The lowest BCUT2D eigenvalue weighted by Crippen LogP contribution is -2.41. The molecular formula is C14H21NO3S. The lowest BCUT2D eigenvalue weighted by Gasteiger charge is -2.20. The first-order valence-corrected chi connectivity index (χ1v) is 7.86. The predicted molar refractivity (Wildman–Crippen MR) is 75.7 cm³/mol. The van der Waals surface area contributed by atoms with Gasteiger partial charge >= 0.3 is 0 Å². The van der Waals surface area contributed by atoms with Gasteiger partial charge in [0.2, 0.25) is 5.91 Å². The van der Waals surface area contributed by atoms with E-state index in [1.54, 1.807) is 24.3 Å². The van der Waals surface area contributed by atoms with Crippen LogP contribution < -0.4 is 5.32 Å². The Morgan fingerprint density at radius 3 is 2.16 bits per heavy atom. The Morgan fingerprint density at radius 2 is 1.68 bits per heavy atom. The molecular weight excluding hydrogens is 262 g/mol. The highest BCUT2D eigenvalue weighted by Crippen LogP contribution is 2.13. The highest BCUT2D eigenvalue weighted by Gasteiger charge is 2.19. The van der Waals surface area contributed by atoms with Crippen molar-refractivity contribution in [2.24, 2.45) is 0 Å². The Kier molecular flexibility index (Phi) is 4.74. The average molecular weight is 283 g/mol. The van der Waals surface area contributed by atoms with Crippen molar-refractivity contribution >= 4 is 15.7 Å². The van der Waals surface area contributed by atoms with Crippen LogP contribution in [0.1, 0.15) is 32.8 Å². The third-order valence-electron chi connectivity index (χ3n) is 2.49. The molecule has 0 aliphatic heterocycles. The fraction of sp³-hybridized carbons (Fsp3) is 0.500. The van der Waals surface area contributed by atoms with Crippen LogP contribution in [0.4, 0.5) is 0 Å². The topological polar surface area (TPSA) is 63.2 Å². The van der Waals surface area contributed by atoms with Gasteiger partial charge in [-0.15, -0.1) is 0 Å². The average Bonchev–Trinajstić information content (AvgIpc) is 2.25. The van der Waals surface area contributed by atoms with Gasteiger partial charge in [-0.1, -0.05) is 17.7 Å². The molecule has 0 spiro atoms. The van der Waals surface area contributed by atoms with Gasteiger partial charge < -0.3 is 5.32 Å². The molecule has 0 fully saturated rings. The third kappa shape index (κ3) is 5.42. The zero-order chi connectivity index (χ0) is 14.7. The fourth-order valence-corrected chi connectivity index (χ4v) is 2.81. The summed E-state index contributed by atoms with van der Waals surface area (Å²) in [6.07, 6.45) is -0.0204. The minimum Gasteiger partial charge on any atom is -0.351 e. The largest absolute Gasteiger partial charge is 0.351 e. The molecule has 0 aliphatic rings. The van der Waals surface area contributed by atoms with Gasteiger partial charge in [0.15, 0.2) is 9.84 Å². The fourth-order valence-electron chi connectivity index (χ4n) is 1.57. The number of hydrogen-bond donors (Lipinski definition) is 1. The molecule has 0 unspecified atom stereocenters. The van der Waals surface area contributed by atoms with Gasteiger partial charge in [0, 0.05) is 12.0 Å². The van der Waals surface area contributed by atoms with E-state index in [0.717, 1.165) is 5.56 Å². The number of benzene rings is 1. The van der Waals surface area contributed by atoms with E-state index < -0.39 is 9.84 Å². The van der Waals surface area contributed by atoms with Crippen LogP contribution in [0.2, 0.25) is 0 Å². The van der Waals surface area contributed by atoms with E-state index in [-0.39, 0.29) is 28.5 Å². The summed E-state index contributed by atoms with van der Waals surface area (Å²) in [5.41, 5.74) is 0.662. The number of carbonyl (C=O) groups excluding carboxylic acids is 1. The van der Waals surface area contributed by atoms with Crippen LogP contribution in [-0.4, -0.2) is 25.6 Å². The van der Waals surface area contributed by atoms with Crippen molar-refractivity contribution in [3.05, 3.63) is 29.8 Å². The van der Waals surface area contributed by atoms with Crippen molar-refractivity contribution in [3.63, 3.8) is 0 Å². The summed E-state index contributed by atoms with van der Waals surface area (Å²) < 4.78 is 24.1. The van der Waals surface area contributed by atoms with E-state index in [4.69, 9.17) is 0 Å². The normalized spacial score (nSPS) is 12.2. The second-order valence-corrected chi connectivity index (χ2v) is 7.79. The molecule has 106 valence electrons. The SMILES string of the molecule is Cc1ccc(S(=O)(=O)CCC(=O)NC(C)(C)C)cc1. The van der Waals surface area contributed by atoms with Gasteiger partial charge in [-0.2, -0.15) is 0 Å². The maximum absolute atomic E-state index is 12.0. The molecule has 19 heavy (non-hydrogen) atoms. The van der Waals surface area contributed by atoms with Crippen LogP contribution in [0.3, 0.4) is 0 Å². The summed E-state index contributed by atoms with van der Waals surface area (Å²) in [6.45, 7) is 7.48. The van der Waals surface area contributed by atoms with E-state index in [0.29, 0.717) is 0 Å². The minimum absolute atomic E-state index is 0.0204. The van der Waals surface area contributed by atoms with Gasteiger partial charge in [0.05, 0.1) is 10.6 Å². The van der Waals surface area contributed by atoms with E-state index in [9.17, 15) is 13.2 Å². The van der Waals surface area contributed by atoms with Crippen LogP contribution in [0.5, 0.6) is 0 Å². The molecule has 0 bridgehead atoms. The van der Waals surface area contributed by atoms with Crippen LogP contribution in [-0.2, 0) is 14.6 Å². The molecule has 1 rings (SSSR count). The van der Waals surface area contributed by atoms with Crippen molar-refractivity contribution in [2.45, 2.75) is 44.6 Å². The molecule has 0 saturated heterocycles. The number of nitrogens with one attached hydrogen (secondary N) is 1. The maximum Gasteiger partial charge on any atom is 0.221 e. The molecule has 0 aromatic heterocycles. The van der Waals surface area contributed by atoms with Gasteiger partial charge in [0.25, 0.3) is 0 Å². The number of sulfone groups is 1. The standard InChI is InChI=1S/C14H21NO3S/c1-11-5-7-12(8-6-11)19(17,18)10-9-13(16)15-14(2,3)4/h5-8H,9-10H2,1-4H3,(H,15,16). The molecule has 0 aliphatic carbocycles. The zero-order valence-corrected chi connectivity index (χ0v) is 12.7. The van der Waals surface area contributed by atoms with Gasteiger partial charge in [0.1, 0.15) is 0 Å². The molecule has 1 N–H and O–H groups in total. The highest BCUT2D eigenvalue weighted by molar-refractivity contribution is 7.91. The van der Waals surface area contributed by atoms with Crippen molar-refractivity contribution in [1.82, 2.24) is 5.32 Å². The molecule has 0 heterocycles. The van der Waals surface area contributed by atoms with Crippen LogP contribution in [0.15, 0.2) is 29.2 Å². The summed E-state index contributed by atoms with van der Waals surface area (Å²) in [5.74, 6) is -0.416. The van der Waals surface area contributed by atoms with E-state index in [1.165, 1.54) is 0 Å². The lowest BCUT2D eigenvalue weighted by molar-refractivity contribution is -0.122. The Balaban J connectivity index is 2.66. The summed E-state index contributed by atoms with van der Waals surface area (Å²) in [5, 5.41) is 2.75. The van der Waals surface area contributed by atoms with Gasteiger partial charge in [-0.25, -0.2) is 8.42 Å². The summed E-state index contributed by atoms with van der Waals surface area (Å²) in [4.78, 5) is 11.9. The maximum atomic E-state index is 12.0. The second-order valence-electron chi connectivity index (χ2n) is 5.68. The molecule has 1 aromatic rings. The first kappa shape index (κ1) is 15.7. The van der Waals surface area contributed by atoms with Crippen molar-refractivity contribution in [2.75, 3.05) is 5.75 Å². The number of carbonyl (C=O) groups is 1. The first-order chi connectivity index (χ1) is 8.60. The van der Waals surface area contributed by atoms with Gasteiger partial charge in [-0.3, -0.25) is 4.79 Å². The number of rotatable bonds is 4. The number of aryl methyl sites for hydroxylation is 1. The Hall–Kier alpha value is -1.36. The van der Waals surface area contributed by atoms with Crippen molar-refractivity contribution in [3.8, 4) is 0 Å². The Morgan fingerprint density at radius 1 is 1.16 bits per heavy atom. The molecule has 0 atom stereocenters. The lowest BCUT2D eigenvalue weighted by atomic mass is 10.1. The Labute approximate surface area is 115 Å². The Bertz CT molecular complexity index is 539. The third-order valence-corrected chi connectivity index (χ3v) is 4.22. The van der Waals surface area contributed by atoms with E-state index >= 15 is 0 Å². The number of hydrogen-bond acceptors (Lipinski definition) is 3. The molecule has 0 saturated carbocycles. The smallest absolute Gasteiger partial charge is 0.221 e. The van der Waals surface area contributed by atoms with Crippen LogP contribution in [0, 0.1) is 6.92 Å². The van der Waals surface area contributed by atoms with E-state index in [2.05, 4.69) is 5.32 Å². The van der Waals surface area contributed by atoms with E-state index in [1.807, 2.05) is 27.7 Å². The second kappa shape index (κ2) is 5.74. The molecule has 5 heteroatoms. The van der Waals surface area contributed by atoms with Crippen molar-refractivity contribution < 1.29 is 13.2 Å². The first-order valence-electron chi connectivity index (χ1n) is 6.21. The molecule has 1 aromatic carbocycles. The van der Waals surface area contributed by atoms with Crippen molar-refractivity contribution in [1.29, 1.82) is 0 Å². The molecule has 0 radical (unpaired) electrons. The zero-order valence-electron chi connectivity index (χ0n) is 11.9.